The summed E-state index contributed by atoms with van der Waals surface area (Å²) in [4.78, 5) is 0. The number of nitrogens with one attached hydrogen (secondary N) is 1. The summed E-state index contributed by atoms with van der Waals surface area (Å²) in [6.45, 7) is 5.49. The summed E-state index contributed by atoms with van der Waals surface area (Å²) in [7, 11) is 0. The first-order chi connectivity index (χ1) is 7.38. The molecule has 3 N–H and O–H groups in total. The van der Waals surface area contributed by atoms with Gasteiger partial charge in [0.05, 0.1) is 6.61 Å². The molecule has 0 amide bonds. The number of ether oxygens (including phenoxy) is 2. The van der Waals surface area contributed by atoms with Gasteiger partial charge in [-0.05, 0) is 31.6 Å². The van der Waals surface area contributed by atoms with E-state index >= 15 is 0 Å². The lowest BCUT2D eigenvalue weighted by Crippen LogP contribution is -2.44. The molecule has 4 heteroatoms. The zero-order valence-corrected chi connectivity index (χ0v) is 9.71. The molecule has 2 unspecified atom stereocenters. The molecule has 0 aromatic rings. The highest BCUT2D eigenvalue weighted by molar-refractivity contribution is 4.76. The van der Waals surface area contributed by atoms with E-state index in [9.17, 15) is 0 Å². The maximum atomic E-state index is 5.56. The Kier molecular flexibility index (Phi) is 6.92. The molecule has 1 rings (SSSR count). The van der Waals surface area contributed by atoms with Crippen LogP contribution in [0.3, 0.4) is 0 Å². The van der Waals surface area contributed by atoms with E-state index in [1.807, 2.05) is 0 Å². The second-order valence-corrected chi connectivity index (χ2v) is 4.15. The van der Waals surface area contributed by atoms with E-state index < -0.39 is 0 Å². The van der Waals surface area contributed by atoms with Crippen molar-refractivity contribution < 1.29 is 9.47 Å². The zero-order chi connectivity index (χ0) is 10.9. The van der Waals surface area contributed by atoms with Crippen molar-refractivity contribution in [2.75, 3.05) is 26.4 Å². The molecule has 1 aliphatic heterocycles. The highest BCUT2D eigenvalue weighted by atomic mass is 16.5. The Morgan fingerprint density at radius 1 is 1.53 bits per heavy atom. The van der Waals surface area contributed by atoms with E-state index in [0.29, 0.717) is 12.0 Å². The van der Waals surface area contributed by atoms with Crippen LogP contribution in [0.5, 0.6) is 0 Å². The van der Waals surface area contributed by atoms with Crippen molar-refractivity contribution in [3.63, 3.8) is 0 Å². The largest absolute Gasteiger partial charge is 0.381 e. The molecule has 1 heterocycles. The fourth-order valence-electron chi connectivity index (χ4n) is 1.99. The van der Waals surface area contributed by atoms with Gasteiger partial charge < -0.3 is 9.47 Å². The molecule has 0 saturated carbocycles. The minimum absolute atomic E-state index is 0.335. The Balaban J connectivity index is 2.15. The monoisotopic (exact) mass is 216 g/mol. The number of hydrazine groups is 1. The highest BCUT2D eigenvalue weighted by Crippen LogP contribution is 2.19. The van der Waals surface area contributed by atoms with Gasteiger partial charge in [0.15, 0.2) is 0 Å². The molecule has 0 aromatic heterocycles. The predicted octanol–water partition coefficient (Wildman–Crippen LogP) is 1.06. The molecule has 0 aliphatic carbocycles. The quantitative estimate of drug-likeness (QED) is 0.379. The summed E-state index contributed by atoms with van der Waals surface area (Å²) in [6, 6.07) is 0.335. The van der Waals surface area contributed by atoms with Gasteiger partial charge in [-0.2, -0.15) is 0 Å². The SMILES string of the molecule is CCCOCCC(NN)C1CCCOC1. The Hall–Kier alpha value is -0.160. The molecule has 0 spiro atoms. The summed E-state index contributed by atoms with van der Waals surface area (Å²) in [5.41, 5.74) is 2.89. The second kappa shape index (κ2) is 8.05. The summed E-state index contributed by atoms with van der Waals surface area (Å²) < 4.78 is 10.9. The third-order valence-electron chi connectivity index (χ3n) is 2.90. The van der Waals surface area contributed by atoms with Crippen LogP contribution in [0.2, 0.25) is 0 Å². The number of hydrogen-bond acceptors (Lipinski definition) is 4. The van der Waals surface area contributed by atoms with Crippen LogP contribution in [-0.4, -0.2) is 32.5 Å². The van der Waals surface area contributed by atoms with Gasteiger partial charge in [0, 0.05) is 25.9 Å². The average molecular weight is 216 g/mol. The topological polar surface area (TPSA) is 56.5 Å². The number of nitrogens with two attached hydrogens (primary N) is 1. The Morgan fingerprint density at radius 2 is 2.40 bits per heavy atom. The molecule has 15 heavy (non-hydrogen) atoms. The lowest BCUT2D eigenvalue weighted by atomic mass is 9.92. The first kappa shape index (κ1) is 12.9. The van der Waals surface area contributed by atoms with Crippen LogP contribution in [0.1, 0.15) is 32.6 Å². The van der Waals surface area contributed by atoms with Crippen molar-refractivity contribution in [2.24, 2.45) is 11.8 Å². The Bertz CT molecular complexity index is 150. The van der Waals surface area contributed by atoms with Crippen LogP contribution in [0.25, 0.3) is 0 Å². The Labute approximate surface area is 92.5 Å². The number of rotatable bonds is 7. The molecule has 4 nitrogen and oxygen atoms in total. The van der Waals surface area contributed by atoms with Crippen LogP contribution >= 0.6 is 0 Å². The van der Waals surface area contributed by atoms with Gasteiger partial charge in [0.1, 0.15) is 0 Å². The maximum Gasteiger partial charge on any atom is 0.0509 e. The van der Waals surface area contributed by atoms with E-state index in [-0.39, 0.29) is 0 Å². The van der Waals surface area contributed by atoms with E-state index in [4.69, 9.17) is 15.3 Å². The molecular formula is C11H24N2O2. The first-order valence-corrected chi connectivity index (χ1v) is 6.00. The molecule has 0 radical (unpaired) electrons. The summed E-state index contributed by atoms with van der Waals surface area (Å²) in [5.74, 6) is 6.11. The van der Waals surface area contributed by atoms with E-state index in [2.05, 4.69) is 12.3 Å². The van der Waals surface area contributed by atoms with Crippen LogP contribution in [-0.2, 0) is 9.47 Å². The van der Waals surface area contributed by atoms with E-state index in [1.165, 1.54) is 6.42 Å². The van der Waals surface area contributed by atoms with Crippen molar-refractivity contribution >= 4 is 0 Å². The third-order valence-corrected chi connectivity index (χ3v) is 2.90. The minimum atomic E-state index is 0.335. The maximum absolute atomic E-state index is 5.56. The summed E-state index contributed by atoms with van der Waals surface area (Å²) in [5, 5.41) is 0. The van der Waals surface area contributed by atoms with Crippen molar-refractivity contribution in [1.82, 2.24) is 5.43 Å². The smallest absolute Gasteiger partial charge is 0.0509 e. The molecule has 1 saturated heterocycles. The van der Waals surface area contributed by atoms with E-state index in [1.54, 1.807) is 0 Å². The normalized spacial score (nSPS) is 24.0. The van der Waals surface area contributed by atoms with Crippen LogP contribution in [0, 0.1) is 5.92 Å². The molecule has 90 valence electrons. The fourth-order valence-corrected chi connectivity index (χ4v) is 1.99. The van der Waals surface area contributed by atoms with Gasteiger partial charge in [-0.3, -0.25) is 11.3 Å². The van der Waals surface area contributed by atoms with Gasteiger partial charge in [-0.25, -0.2) is 0 Å². The fraction of sp³-hybridized carbons (Fsp3) is 1.00. The van der Waals surface area contributed by atoms with Gasteiger partial charge in [0.25, 0.3) is 0 Å². The molecular weight excluding hydrogens is 192 g/mol. The van der Waals surface area contributed by atoms with Gasteiger partial charge in [-0.1, -0.05) is 6.92 Å². The Morgan fingerprint density at radius 3 is 3.00 bits per heavy atom. The molecule has 1 fully saturated rings. The molecule has 1 aliphatic rings. The van der Waals surface area contributed by atoms with Crippen LogP contribution < -0.4 is 11.3 Å². The molecule has 2 atom stereocenters. The first-order valence-electron chi connectivity index (χ1n) is 6.00. The minimum Gasteiger partial charge on any atom is -0.381 e. The number of hydrogen-bond donors (Lipinski definition) is 2. The van der Waals surface area contributed by atoms with Crippen molar-refractivity contribution in [3.05, 3.63) is 0 Å². The average Bonchev–Trinajstić information content (AvgIpc) is 2.30. The lowest BCUT2D eigenvalue weighted by molar-refractivity contribution is 0.0306. The van der Waals surface area contributed by atoms with Crippen molar-refractivity contribution in [3.8, 4) is 0 Å². The van der Waals surface area contributed by atoms with E-state index in [0.717, 1.165) is 45.7 Å². The summed E-state index contributed by atoms with van der Waals surface area (Å²) in [6.07, 6.45) is 4.42. The predicted molar refractivity (Wildman–Crippen MR) is 60.4 cm³/mol. The molecule has 0 aromatic carbocycles. The lowest BCUT2D eigenvalue weighted by Gasteiger charge is -2.29. The molecule has 0 bridgehead atoms. The van der Waals surface area contributed by atoms with Gasteiger partial charge in [-0.15, -0.1) is 0 Å². The van der Waals surface area contributed by atoms with Crippen LogP contribution in [0.15, 0.2) is 0 Å². The van der Waals surface area contributed by atoms with Gasteiger partial charge in [0.2, 0.25) is 0 Å². The zero-order valence-electron chi connectivity index (χ0n) is 9.71. The third kappa shape index (κ3) is 4.93. The van der Waals surface area contributed by atoms with Gasteiger partial charge >= 0.3 is 0 Å². The standard InChI is InChI=1S/C11H24N2O2/c1-2-6-14-8-5-11(13-12)10-4-3-7-15-9-10/h10-11,13H,2-9,12H2,1H3. The second-order valence-electron chi connectivity index (χ2n) is 4.15. The van der Waals surface area contributed by atoms with Crippen molar-refractivity contribution in [2.45, 2.75) is 38.6 Å². The van der Waals surface area contributed by atoms with Crippen LogP contribution in [0.4, 0.5) is 0 Å². The van der Waals surface area contributed by atoms with Crippen molar-refractivity contribution in [1.29, 1.82) is 0 Å². The highest BCUT2D eigenvalue weighted by Gasteiger charge is 2.22. The summed E-state index contributed by atoms with van der Waals surface area (Å²) >= 11 is 0.